The minimum atomic E-state index is -4.08. The van der Waals surface area contributed by atoms with Crippen LogP contribution in [0.5, 0.6) is 0 Å². The first-order chi connectivity index (χ1) is 18.1. The molecule has 0 aliphatic rings. The molecule has 0 unspecified atom stereocenters. The zero-order valence-electron chi connectivity index (χ0n) is 22.8. The predicted molar refractivity (Wildman–Crippen MR) is 151 cm³/mol. The molecule has 0 aromatic heterocycles. The first-order valence-corrected chi connectivity index (χ1v) is 14.3. The summed E-state index contributed by atoms with van der Waals surface area (Å²) in [7, 11) is -4.08. The van der Waals surface area contributed by atoms with Gasteiger partial charge >= 0.3 is 0 Å². The van der Waals surface area contributed by atoms with Gasteiger partial charge in [0.05, 0.1) is 10.6 Å². The molecule has 0 aliphatic carbocycles. The average Bonchev–Trinajstić information content (AvgIpc) is 2.89. The Kier molecular flexibility index (Phi) is 9.69. The Morgan fingerprint density at radius 2 is 1.42 bits per heavy atom. The van der Waals surface area contributed by atoms with Gasteiger partial charge in [-0.25, -0.2) is 8.42 Å². The highest BCUT2D eigenvalue weighted by atomic mass is 32.2. The van der Waals surface area contributed by atoms with Gasteiger partial charge in [-0.1, -0.05) is 72.6 Å². The monoisotopic (exact) mass is 535 g/mol. The maximum atomic E-state index is 14.0. The fraction of sp³-hybridized carbons (Fsp3) is 0.333. The molecule has 3 rings (SSSR count). The number of hydrogen-bond donors (Lipinski definition) is 1. The van der Waals surface area contributed by atoms with Crippen LogP contribution in [0.4, 0.5) is 5.69 Å². The lowest BCUT2D eigenvalue weighted by Gasteiger charge is -2.33. The number of hydrogen-bond acceptors (Lipinski definition) is 4. The van der Waals surface area contributed by atoms with Gasteiger partial charge in [0.2, 0.25) is 11.8 Å². The molecule has 3 aromatic rings. The SMILES string of the molecule is CCNC(=O)[C@@H](CC)N(Cc1ccc(C)cc1)C(=O)CN(c1ccccc1C)S(=O)(=O)c1ccc(C)cc1. The molecular weight excluding hydrogens is 498 g/mol. The Morgan fingerprint density at radius 3 is 1.97 bits per heavy atom. The standard InChI is InChI=1S/C30H37N3O4S/c1-6-27(30(35)31-7-2)32(20-25-16-12-22(3)13-17-25)29(34)21-33(28-11-9-8-10-24(28)5)38(36,37)26-18-14-23(4)15-19-26/h8-19,27H,6-7,20-21H2,1-5H3,(H,31,35)/t27-/m1/s1. The Hall–Kier alpha value is -3.65. The Balaban J connectivity index is 2.06. The maximum Gasteiger partial charge on any atom is 0.264 e. The van der Waals surface area contributed by atoms with Crippen molar-refractivity contribution in [2.45, 2.75) is 58.5 Å². The highest BCUT2D eigenvalue weighted by molar-refractivity contribution is 7.92. The van der Waals surface area contributed by atoms with Crippen molar-refractivity contribution in [2.24, 2.45) is 0 Å². The van der Waals surface area contributed by atoms with E-state index in [4.69, 9.17) is 0 Å². The molecule has 0 fully saturated rings. The number of nitrogens with one attached hydrogen (secondary N) is 1. The third kappa shape index (κ3) is 6.81. The summed E-state index contributed by atoms with van der Waals surface area (Å²) in [6, 6.07) is 20.6. The van der Waals surface area contributed by atoms with Crippen LogP contribution in [0, 0.1) is 20.8 Å². The van der Waals surface area contributed by atoms with Crippen LogP contribution < -0.4 is 9.62 Å². The number of sulfonamides is 1. The van der Waals surface area contributed by atoms with Crippen molar-refractivity contribution < 1.29 is 18.0 Å². The van der Waals surface area contributed by atoms with Crippen molar-refractivity contribution in [3.8, 4) is 0 Å². The molecule has 1 atom stereocenters. The molecule has 1 N–H and O–H groups in total. The number of para-hydroxylation sites is 1. The van der Waals surface area contributed by atoms with Gasteiger partial charge in [-0.3, -0.25) is 13.9 Å². The van der Waals surface area contributed by atoms with Gasteiger partial charge in [0.25, 0.3) is 10.0 Å². The average molecular weight is 536 g/mol. The molecule has 0 radical (unpaired) electrons. The van der Waals surface area contributed by atoms with Crippen LogP contribution in [0.2, 0.25) is 0 Å². The van der Waals surface area contributed by atoms with Crippen molar-refractivity contribution in [2.75, 3.05) is 17.4 Å². The summed E-state index contributed by atoms with van der Waals surface area (Å²) in [4.78, 5) is 28.6. The fourth-order valence-electron chi connectivity index (χ4n) is 4.30. The molecule has 0 spiro atoms. The summed E-state index contributed by atoms with van der Waals surface area (Å²) in [6.07, 6.45) is 0.387. The second-order valence-corrected chi connectivity index (χ2v) is 11.3. The number of aryl methyl sites for hydroxylation is 3. The van der Waals surface area contributed by atoms with Crippen molar-refractivity contribution in [3.63, 3.8) is 0 Å². The number of carbonyl (C=O) groups excluding carboxylic acids is 2. The van der Waals surface area contributed by atoms with E-state index < -0.39 is 28.5 Å². The number of amides is 2. The van der Waals surface area contributed by atoms with Crippen molar-refractivity contribution >= 4 is 27.5 Å². The van der Waals surface area contributed by atoms with Gasteiger partial charge in [0.15, 0.2) is 0 Å². The molecule has 2 amide bonds. The van der Waals surface area contributed by atoms with Crippen LogP contribution in [0.3, 0.4) is 0 Å². The van der Waals surface area contributed by atoms with Crippen LogP contribution in [-0.2, 0) is 26.2 Å². The Bertz CT molecular complexity index is 1350. The van der Waals surface area contributed by atoms with Gasteiger partial charge in [-0.2, -0.15) is 0 Å². The number of anilines is 1. The van der Waals surface area contributed by atoms with E-state index >= 15 is 0 Å². The van der Waals surface area contributed by atoms with E-state index in [0.717, 1.165) is 26.6 Å². The van der Waals surface area contributed by atoms with Crippen LogP contribution in [0.25, 0.3) is 0 Å². The zero-order valence-corrected chi connectivity index (χ0v) is 23.6. The topological polar surface area (TPSA) is 86.8 Å². The molecule has 0 bridgehead atoms. The molecule has 0 saturated carbocycles. The number of rotatable bonds is 11. The lowest BCUT2D eigenvalue weighted by Crippen LogP contribution is -2.52. The van der Waals surface area contributed by atoms with E-state index in [0.29, 0.717) is 18.7 Å². The summed E-state index contributed by atoms with van der Waals surface area (Å²) in [6.45, 7) is 9.51. The third-order valence-electron chi connectivity index (χ3n) is 6.48. The first kappa shape index (κ1) is 28.9. The van der Waals surface area contributed by atoms with Crippen LogP contribution in [0.1, 0.15) is 42.5 Å². The van der Waals surface area contributed by atoms with E-state index in [1.165, 1.54) is 4.90 Å². The summed E-state index contributed by atoms with van der Waals surface area (Å²) < 4.78 is 29.0. The molecular formula is C30H37N3O4S. The highest BCUT2D eigenvalue weighted by Crippen LogP contribution is 2.27. The zero-order chi connectivity index (χ0) is 27.9. The summed E-state index contributed by atoms with van der Waals surface area (Å²) in [5.74, 6) is -0.720. The summed E-state index contributed by atoms with van der Waals surface area (Å²) >= 11 is 0. The van der Waals surface area contributed by atoms with Gasteiger partial charge < -0.3 is 10.2 Å². The van der Waals surface area contributed by atoms with Gasteiger partial charge in [-0.15, -0.1) is 0 Å². The van der Waals surface area contributed by atoms with Crippen molar-refractivity contribution in [1.82, 2.24) is 10.2 Å². The Morgan fingerprint density at radius 1 is 0.842 bits per heavy atom. The molecule has 0 saturated heterocycles. The van der Waals surface area contributed by atoms with Crippen molar-refractivity contribution in [1.29, 1.82) is 0 Å². The lowest BCUT2D eigenvalue weighted by atomic mass is 10.1. The third-order valence-corrected chi connectivity index (χ3v) is 8.26. The highest BCUT2D eigenvalue weighted by Gasteiger charge is 2.34. The fourth-order valence-corrected chi connectivity index (χ4v) is 5.77. The quantitative estimate of drug-likeness (QED) is 0.384. The Labute approximate surface area is 226 Å². The molecule has 0 aliphatic heterocycles. The van der Waals surface area contributed by atoms with E-state index in [2.05, 4.69) is 5.32 Å². The van der Waals surface area contributed by atoms with Crippen molar-refractivity contribution in [3.05, 3.63) is 95.1 Å². The number of nitrogens with zero attached hydrogens (tertiary/aromatic N) is 2. The van der Waals surface area contributed by atoms with Crippen LogP contribution in [-0.4, -0.2) is 44.3 Å². The number of likely N-dealkylation sites (N-methyl/N-ethyl adjacent to an activating group) is 1. The lowest BCUT2D eigenvalue weighted by molar-refractivity contribution is -0.140. The van der Waals surface area contributed by atoms with E-state index in [1.54, 1.807) is 36.4 Å². The molecule has 8 heteroatoms. The summed E-state index contributed by atoms with van der Waals surface area (Å²) in [5, 5.41) is 2.82. The van der Waals surface area contributed by atoms with Gasteiger partial charge in [0.1, 0.15) is 12.6 Å². The molecule has 7 nitrogen and oxygen atoms in total. The van der Waals surface area contributed by atoms with E-state index in [-0.39, 0.29) is 17.3 Å². The van der Waals surface area contributed by atoms with Gasteiger partial charge in [0, 0.05) is 13.1 Å². The predicted octanol–water partition coefficient (Wildman–Crippen LogP) is 4.75. The minimum absolute atomic E-state index is 0.0972. The molecule has 202 valence electrons. The maximum absolute atomic E-state index is 14.0. The largest absolute Gasteiger partial charge is 0.355 e. The first-order valence-electron chi connectivity index (χ1n) is 12.9. The smallest absolute Gasteiger partial charge is 0.264 e. The van der Waals surface area contributed by atoms with Crippen LogP contribution >= 0.6 is 0 Å². The normalized spacial score (nSPS) is 12.0. The molecule has 0 heterocycles. The second kappa shape index (κ2) is 12.7. The second-order valence-electron chi connectivity index (χ2n) is 9.44. The van der Waals surface area contributed by atoms with E-state index in [9.17, 15) is 18.0 Å². The minimum Gasteiger partial charge on any atom is -0.355 e. The number of benzene rings is 3. The summed E-state index contributed by atoms with van der Waals surface area (Å²) in [5.41, 5.74) is 4.01. The van der Waals surface area contributed by atoms with Crippen LogP contribution in [0.15, 0.2) is 77.7 Å². The van der Waals surface area contributed by atoms with E-state index in [1.807, 2.05) is 71.0 Å². The van der Waals surface area contributed by atoms with Gasteiger partial charge in [-0.05, 0) is 63.4 Å². The molecule has 3 aromatic carbocycles. The number of carbonyl (C=O) groups is 2. The molecule has 38 heavy (non-hydrogen) atoms.